The molecule has 0 radical (unpaired) electrons. The summed E-state index contributed by atoms with van der Waals surface area (Å²) in [5.74, 6) is 0.402. The molecule has 1 saturated heterocycles. The maximum absolute atomic E-state index is 14.5. The molecule has 0 atom stereocenters. The molecule has 0 N–H and O–H groups in total. The number of ether oxygens (including phenoxy) is 1. The first-order valence-corrected chi connectivity index (χ1v) is 9.72. The van der Waals surface area contributed by atoms with Gasteiger partial charge in [0.05, 0.1) is 4.88 Å². The first-order chi connectivity index (χ1) is 12.7. The van der Waals surface area contributed by atoms with Crippen molar-refractivity contribution in [3.8, 4) is 5.75 Å². The molecule has 0 unspecified atom stereocenters. The van der Waals surface area contributed by atoms with Gasteiger partial charge in [-0.2, -0.15) is 0 Å². The van der Waals surface area contributed by atoms with Gasteiger partial charge >= 0.3 is 0 Å². The van der Waals surface area contributed by atoms with Crippen LogP contribution in [0.4, 0.5) is 4.39 Å². The number of nitrogens with zero attached hydrogens (tertiary/aromatic N) is 1. The van der Waals surface area contributed by atoms with Crippen molar-refractivity contribution < 1.29 is 13.9 Å². The number of carbonyl (C=O) groups is 1. The highest BCUT2D eigenvalue weighted by Crippen LogP contribution is 2.35. The molecule has 1 aliphatic rings. The summed E-state index contributed by atoms with van der Waals surface area (Å²) in [5.41, 5.74) is 0.655. The predicted molar refractivity (Wildman–Crippen MR) is 102 cm³/mol. The normalized spacial score (nSPS) is 14.6. The van der Waals surface area contributed by atoms with Crippen LogP contribution in [0.5, 0.6) is 5.75 Å². The zero-order valence-electron chi connectivity index (χ0n) is 14.4. The van der Waals surface area contributed by atoms with E-state index in [2.05, 4.69) is 0 Å². The number of fused-ring (bicyclic) bond motifs is 1. The third-order valence-corrected chi connectivity index (χ3v) is 5.91. The molecule has 26 heavy (non-hydrogen) atoms. The van der Waals surface area contributed by atoms with Gasteiger partial charge in [0.1, 0.15) is 18.2 Å². The Kier molecular flexibility index (Phi) is 4.89. The molecule has 3 nitrogen and oxygen atoms in total. The third kappa shape index (κ3) is 3.31. The number of carbonyl (C=O) groups excluding carboxylic acids is 1. The largest absolute Gasteiger partial charge is 0.489 e. The third-order valence-electron chi connectivity index (χ3n) is 4.73. The molecule has 4 rings (SSSR count). The van der Waals surface area contributed by atoms with Crippen LogP contribution < -0.4 is 4.74 Å². The van der Waals surface area contributed by atoms with Gasteiger partial charge in [0.2, 0.25) is 0 Å². The molecule has 2 aromatic carbocycles. The first kappa shape index (κ1) is 17.0. The Bertz CT molecular complexity index is 916. The van der Waals surface area contributed by atoms with Crippen molar-refractivity contribution in [2.75, 3.05) is 13.1 Å². The zero-order valence-corrected chi connectivity index (χ0v) is 15.2. The molecule has 1 amide bonds. The number of rotatable bonds is 4. The van der Waals surface area contributed by atoms with Crippen LogP contribution in [0.25, 0.3) is 10.1 Å². The number of hydrogen-bond acceptors (Lipinski definition) is 3. The van der Waals surface area contributed by atoms with E-state index in [1.54, 1.807) is 6.07 Å². The number of para-hydroxylation sites is 1. The second kappa shape index (κ2) is 7.46. The fourth-order valence-corrected chi connectivity index (χ4v) is 4.58. The van der Waals surface area contributed by atoms with Gasteiger partial charge in [-0.15, -0.1) is 11.3 Å². The van der Waals surface area contributed by atoms with E-state index in [-0.39, 0.29) is 18.3 Å². The van der Waals surface area contributed by atoms with Gasteiger partial charge in [-0.1, -0.05) is 24.3 Å². The number of likely N-dealkylation sites (tertiary alicyclic amines) is 1. The standard InChI is InChI=1S/C21H20FNO2S/c22-17-10-7-11-18-19(17)16(14-25-15-8-3-1-4-9-15)20(26-18)21(24)23-12-5-2-6-13-23/h1,3-4,7-11H,2,5-6,12-14H2. The summed E-state index contributed by atoms with van der Waals surface area (Å²) in [6.07, 6.45) is 3.22. The summed E-state index contributed by atoms with van der Waals surface area (Å²) < 4.78 is 21.2. The number of piperidine rings is 1. The van der Waals surface area contributed by atoms with Gasteiger partial charge in [-0.25, -0.2) is 4.39 Å². The number of amides is 1. The lowest BCUT2D eigenvalue weighted by atomic mass is 10.1. The van der Waals surface area contributed by atoms with Crippen molar-refractivity contribution in [1.82, 2.24) is 4.90 Å². The Morgan fingerprint density at radius 2 is 1.81 bits per heavy atom. The van der Waals surface area contributed by atoms with E-state index in [0.717, 1.165) is 37.1 Å². The molecule has 3 aromatic rings. The number of thiophene rings is 1. The predicted octanol–water partition coefficient (Wildman–Crippen LogP) is 5.25. The van der Waals surface area contributed by atoms with Crippen molar-refractivity contribution in [3.05, 3.63) is 64.8 Å². The monoisotopic (exact) mass is 369 g/mol. The van der Waals surface area contributed by atoms with Gasteiger partial charge in [-0.05, 0) is 43.5 Å². The quantitative estimate of drug-likeness (QED) is 0.629. The van der Waals surface area contributed by atoms with Gasteiger partial charge in [0.15, 0.2) is 0 Å². The smallest absolute Gasteiger partial charge is 0.264 e. The molecule has 1 fully saturated rings. The second-order valence-corrected chi connectivity index (χ2v) is 7.53. The molecule has 1 aliphatic heterocycles. The summed E-state index contributed by atoms with van der Waals surface area (Å²) in [4.78, 5) is 15.6. The lowest BCUT2D eigenvalue weighted by molar-refractivity contribution is 0.0727. The number of hydrogen-bond donors (Lipinski definition) is 0. The highest BCUT2D eigenvalue weighted by atomic mass is 32.1. The molecule has 0 bridgehead atoms. The van der Waals surface area contributed by atoms with E-state index in [9.17, 15) is 9.18 Å². The van der Waals surface area contributed by atoms with Crippen LogP contribution in [0.1, 0.15) is 34.5 Å². The molecule has 0 aliphatic carbocycles. The van der Waals surface area contributed by atoms with Crippen LogP contribution >= 0.6 is 11.3 Å². The molecule has 5 heteroatoms. The van der Waals surface area contributed by atoms with Crippen LogP contribution in [0.3, 0.4) is 0 Å². The summed E-state index contributed by atoms with van der Waals surface area (Å²) in [5, 5.41) is 0.508. The van der Waals surface area contributed by atoms with E-state index in [4.69, 9.17) is 4.74 Å². The van der Waals surface area contributed by atoms with Crippen molar-refractivity contribution in [2.24, 2.45) is 0 Å². The fraction of sp³-hybridized carbons (Fsp3) is 0.286. The Morgan fingerprint density at radius 3 is 2.58 bits per heavy atom. The average Bonchev–Trinajstić information content (AvgIpc) is 3.07. The molecule has 134 valence electrons. The minimum atomic E-state index is -0.303. The van der Waals surface area contributed by atoms with Crippen molar-refractivity contribution in [1.29, 1.82) is 0 Å². The van der Waals surface area contributed by atoms with Gasteiger partial charge in [0, 0.05) is 28.7 Å². The van der Waals surface area contributed by atoms with Crippen LogP contribution in [0.2, 0.25) is 0 Å². The summed E-state index contributed by atoms with van der Waals surface area (Å²) in [7, 11) is 0. The van der Waals surface area contributed by atoms with E-state index in [0.29, 0.717) is 21.6 Å². The Labute approximate surface area is 156 Å². The zero-order chi connectivity index (χ0) is 17.9. The number of benzene rings is 2. The Hall–Kier alpha value is -2.40. The van der Waals surface area contributed by atoms with E-state index in [1.165, 1.54) is 17.4 Å². The Morgan fingerprint density at radius 1 is 1.04 bits per heavy atom. The topological polar surface area (TPSA) is 29.5 Å². The fourth-order valence-electron chi connectivity index (χ4n) is 3.39. The Balaban J connectivity index is 1.71. The molecular weight excluding hydrogens is 349 g/mol. The lowest BCUT2D eigenvalue weighted by Crippen LogP contribution is -2.35. The SMILES string of the molecule is O=C(c1sc2cccc(F)c2c1COc1ccccc1)N1CCCCC1. The van der Waals surface area contributed by atoms with Gasteiger partial charge in [-0.3, -0.25) is 4.79 Å². The van der Waals surface area contributed by atoms with Crippen LogP contribution in [0, 0.1) is 5.82 Å². The highest BCUT2D eigenvalue weighted by molar-refractivity contribution is 7.21. The molecule has 0 spiro atoms. The highest BCUT2D eigenvalue weighted by Gasteiger charge is 2.26. The average molecular weight is 369 g/mol. The minimum Gasteiger partial charge on any atom is -0.489 e. The van der Waals surface area contributed by atoms with E-state index >= 15 is 0 Å². The van der Waals surface area contributed by atoms with Crippen molar-refractivity contribution in [3.63, 3.8) is 0 Å². The molecule has 0 saturated carbocycles. The van der Waals surface area contributed by atoms with Crippen LogP contribution in [-0.4, -0.2) is 23.9 Å². The first-order valence-electron chi connectivity index (χ1n) is 8.91. The summed E-state index contributed by atoms with van der Waals surface area (Å²) in [6.45, 7) is 1.73. The van der Waals surface area contributed by atoms with Crippen LogP contribution in [0.15, 0.2) is 48.5 Å². The molecular formula is C21H20FNO2S. The summed E-state index contributed by atoms with van der Waals surface area (Å²) in [6, 6.07) is 14.4. The van der Waals surface area contributed by atoms with E-state index < -0.39 is 0 Å². The van der Waals surface area contributed by atoms with Gasteiger partial charge < -0.3 is 9.64 Å². The van der Waals surface area contributed by atoms with Crippen molar-refractivity contribution >= 4 is 27.3 Å². The maximum Gasteiger partial charge on any atom is 0.264 e. The van der Waals surface area contributed by atoms with Gasteiger partial charge in [0.25, 0.3) is 5.91 Å². The molecule has 1 aromatic heterocycles. The van der Waals surface area contributed by atoms with Crippen molar-refractivity contribution in [2.45, 2.75) is 25.9 Å². The van der Waals surface area contributed by atoms with E-state index in [1.807, 2.05) is 41.3 Å². The lowest BCUT2D eigenvalue weighted by Gasteiger charge is -2.26. The maximum atomic E-state index is 14.5. The molecule has 2 heterocycles. The second-order valence-electron chi connectivity index (χ2n) is 6.48. The minimum absolute atomic E-state index is 0.00281. The van der Waals surface area contributed by atoms with Crippen LogP contribution in [-0.2, 0) is 6.61 Å². The number of halogens is 1. The summed E-state index contributed by atoms with van der Waals surface area (Å²) >= 11 is 1.36.